The Bertz CT molecular complexity index is 457. The molecule has 3 nitrogen and oxygen atoms in total. The minimum absolute atomic E-state index is 0.0671. The van der Waals surface area contributed by atoms with Crippen molar-refractivity contribution in [2.75, 3.05) is 11.9 Å². The summed E-state index contributed by atoms with van der Waals surface area (Å²) in [4.78, 5) is 11.9. The molecular weight excluding hydrogens is 280 g/mol. The van der Waals surface area contributed by atoms with Gasteiger partial charge in [-0.1, -0.05) is 22.4 Å². The van der Waals surface area contributed by atoms with Crippen LogP contribution >= 0.6 is 15.9 Å². The predicted octanol–water partition coefficient (Wildman–Crippen LogP) is 2.83. The molecule has 1 saturated carbocycles. The Morgan fingerprint density at radius 1 is 1.41 bits per heavy atom. The summed E-state index contributed by atoms with van der Waals surface area (Å²) >= 11 is 3.45. The van der Waals surface area contributed by atoms with Gasteiger partial charge in [0, 0.05) is 15.7 Å². The van der Waals surface area contributed by atoms with E-state index in [2.05, 4.69) is 26.6 Å². The van der Waals surface area contributed by atoms with E-state index in [1.165, 1.54) is 19.3 Å². The van der Waals surface area contributed by atoms with Crippen molar-refractivity contribution in [3.63, 3.8) is 0 Å². The highest BCUT2D eigenvalue weighted by Gasteiger charge is 2.31. The largest absolute Gasteiger partial charge is 0.324 e. The first-order valence-electron chi connectivity index (χ1n) is 6.08. The molecule has 1 fully saturated rings. The molecule has 1 aromatic carbocycles. The van der Waals surface area contributed by atoms with Crippen molar-refractivity contribution in [1.82, 2.24) is 5.32 Å². The van der Waals surface area contributed by atoms with Crippen LogP contribution in [0.15, 0.2) is 22.7 Å². The molecule has 1 heterocycles. The molecule has 1 aliphatic heterocycles. The molecule has 0 saturated heterocycles. The summed E-state index contributed by atoms with van der Waals surface area (Å²) < 4.78 is 1.02. The highest BCUT2D eigenvalue weighted by atomic mass is 79.9. The Balaban J connectivity index is 1.75. The van der Waals surface area contributed by atoms with Crippen LogP contribution in [-0.2, 0) is 4.79 Å². The lowest BCUT2D eigenvalue weighted by Crippen LogP contribution is -2.33. The van der Waals surface area contributed by atoms with Crippen molar-refractivity contribution in [2.24, 2.45) is 5.92 Å². The molecule has 4 heteroatoms. The first kappa shape index (κ1) is 11.2. The molecule has 2 N–H and O–H groups in total. The van der Waals surface area contributed by atoms with Crippen LogP contribution in [0.4, 0.5) is 5.69 Å². The normalized spacial score (nSPS) is 23.1. The lowest BCUT2D eigenvalue weighted by molar-refractivity contribution is -0.117. The molecule has 0 spiro atoms. The number of nitrogens with one attached hydrogen (secondary N) is 2. The molecule has 2 aliphatic rings. The molecule has 3 rings (SSSR count). The van der Waals surface area contributed by atoms with Crippen LogP contribution in [0.5, 0.6) is 0 Å². The molecule has 1 amide bonds. The molecule has 90 valence electrons. The van der Waals surface area contributed by atoms with Gasteiger partial charge >= 0.3 is 0 Å². The van der Waals surface area contributed by atoms with Crippen molar-refractivity contribution in [3.8, 4) is 0 Å². The van der Waals surface area contributed by atoms with Crippen molar-refractivity contribution >= 4 is 27.5 Å². The average Bonchev–Trinajstić information content (AvgIpc) is 2.53. The lowest BCUT2D eigenvalue weighted by atomic mass is 9.85. The van der Waals surface area contributed by atoms with Gasteiger partial charge in [0.1, 0.15) is 6.04 Å². The summed E-state index contributed by atoms with van der Waals surface area (Å²) in [6.45, 7) is 0.948. The summed E-state index contributed by atoms with van der Waals surface area (Å²) in [7, 11) is 0. The van der Waals surface area contributed by atoms with E-state index in [-0.39, 0.29) is 11.9 Å². The molecule has 0 aromatic heterocycles. The SMILES string of the molecule is O=C1Nc2ccc(Br)cc2C1NCC1CCC1. The maximum atomic E-state index is 11.9. The molecule has 1 aliphatic carbocycles. The number of amides is 1. The number of halogens is 1. The van der Waals surface area contributed by atoms with Crippen LogP contribution in [0.3, 0.4) is 0 Å². The number of rotatable bonds is 3. The van der Waals surface area contributed by atoms with Crippen LogP contribution in [-0.4, -0.2) is 12.5 Å². The van der Waals surface area contributed by atoms with Crippen LogP contribution in [0.2, 0.25) is 0 Å². The van der Waals surface area contributed by atoms with Gasteiger partial charge in [0.25, 0.3) is 0 Å². The molecular formula is C13H15BrN2O. The Hall–Kier alpha value is -0.870. The third-order valence-corrected chi connectivity index (χ3v) is 4.17. The van der Waals surface area contributed by atoms with Crippen LogP contribution < -0.4 is 10.6 Å². The second-order valence-corrected chi connectivity index (χ2v) is 5.77. The second kappa shape index (κ2) is 4.42. The van der Waals surface area contributed by atoms with E-state index in [4.69, 9.17) is 0 Å². The smallest absolute Gasteiger partial charge is 0.246 e. The Kier molecular flexibility index (Phi) is 2.92. The average molecular weight is 295 g/mol. The third-order valence-electron chi connectivity index (χ3n) is 3.68. The summed E-state index contributed by atoms with van der Waals surface area (Å²) in [5.41, 5.74) is 1.99. The highest BCUT2D eigenvalue weighted by molar-refractivity contribution is 9.10. The van der Waals surface area contributed by atoms with Gasteiger partial charge in [-0.25, -0.2) is 0 Å². The fourth-order valence-electron chi connectivity index (χ4n) is 2.42. The van der Waals surface area contributed by atoms with Crippen molar-refractivity contribution in [1.29, 1.82) is 0 Å². The zero-order chi connectivity index (χ0) is 11.8. The number of carbonyl (C=O) groups excluding carboxylic acids is 1. The molecule has 0 bridgehead atoms. The second-order valence-electron chi connectivity index (χ2n) is 4.86. The molecule has 0 radical (unpaired) electrons. The van der Waals surface area contributed by atoms with E-state index in [0.29, 0.717) is 0 Å². The van der Waals surface area contributed by atoms with Crippen LogP contribution in [0.25, 0.3) is 0 Å². The van der Waals surface area contributed by atoms with Crippen LogP contribution in [0, 0.1) is 5.92 Å². The fourth-order valence-corrected chi connectivity index (χ4v) is 2.80. The van der Waals surface area contributed by atoms with Gasteiger partial charge in [-0.05, 0) is 43.5 Å². The Labute approximate surface area is 109 Å². The number of hydrogen-bond acceptors (Lipinski definition) is 2. The van der Waals surface area contributed by atoms with E-state index >= 15 is 0 Å². The maximum Gasteiger partial charge on any atom is 0.246 e. The minimum Gasteiger partial charge on any atom is -0.324 e. The summed E-state index contributed by atoms with van der Waals surface area (Å²) in [5, 5.41) is 6.30. The van der Waals surface area contributed by atoms with E-state index in [0.717, 1.165) is 28.2 Å². The van der Waals surface area contributed by atoms with E-state index in [9.17, 15) is 4.79 Å². The minimum atomic E-state index is -0.178. The van der Waals surface area contributed by atoms with E-state index in [1.54, 1.807) is 0 Å². The van der Waals surface area contributed by atoms with E-state index < -0.39 is 0 Å². The zero-order valence-electron chi connectivity index (χ0n) is 9.50. The fraction of sp³-hybridized carbons (Fsp3) is 0.462. The maximum absolute atomic E-state index is 11.9. The summed E-state index contributed by atoms with van der Waals surface area (Å²) in [5.74, 6) is 0.830. The van der Waals surface area contributed by atoms with Crippen molar-refractivity contribution in [2.45, 2.75) is 25.3 Å². The first-order valence-corrected chi connectivity index (χ1v) is 6.87. The highest BCUT2D eigenvalue weighted by Crippen LogP contribution is 2.34. The number of fused-ring (bicyclic) bond motifs is 1. The number of benzene rings is 1. The van der Waals surface area contributed by atoms with Gasteiger partial charge in [0.2, 0.25) is 5.91 Å². The monoisotopic (exact) mass is 294 g/mol. The van der Waals surface area contributed by atoms with Crippen LogP contribution in [0.1, 0.15) is 30.9 Å². The van der Waals surface area contributed by atoms with Gasteiger partial charge in [-0.15, -0.1) is 0 Å². The van der Waals surface area contributed by atoms with Gasteiger partial charge in [-0.2, -0.15) is 0 Å². The zero-order valence-corrected chi connectivity index (χ0v) is 11.1. The molecule has 1 aromatic rings. The summed E-state index contributed by atoms with van der Waals surface area (Å²) in [6, 6.07) is 5.74. The molecule has 1 unspecified atom stereocenters. The van der Waals surface area contributed by atoms with Gasteiger partial charge < -0.3 is 10.6 Å². The lowest BCUT2D eigenvalue weighted by Gasteiger charge is -2.26. The number of carbonyl (C=O) groups is 1. The summed E-state index contributed by atoms with van der Waals surface area (Å²) in [6.07, 6.45) is 3.94. The Morgan fingerprint density at radius 3 is 2.94 bits per heavy atom. The molecule has 17 heavy (non-hydrogen) atoms. The number of hydrogen-bond donors (Lipinski definition) is 2. The first-order chi connectivity index (χ1) is 8.24. The van der Waals surface area contributed by atoms with E-state index in [1.807, 2.05) is 18.2 Å². The van der Waals surface area contributed by atoms with Crippen molar-refractivity contribution < 1.29 is 4.79 Å². The van der Waals surface area contributed by atoms with Crippen molar-refractivity contribution in [3.05, 3.63) is 28.2 Å². The Morgan fingerprint density at radius 2 is 2.24 bits per heavy atom. The third kappa shape index (κ3) is 2.11. The van der Waals surface area contributed by atoms with Gasteiger partial charge in [0.15, 0.2) is 0 Å². The van der Waals surface area contributed by atoms with Gasteiger partial charge in [-0.3, -0.25) is 4.79 Å². The molecule has 1 atom stereocenters. The standard InChI is InChI=1S/C13H15BrN2O/c14-9-4-5-11-10(6-9)12(13(17)16-11)15-7-8-2-1-3-8/h4-6,8,12,15H,1-3,7H2,(H,16,17). The quantitative estimate of drug-likeness (QED) is 0.900. The number of anilines is 1. The topological polar surface area (TPSA) is 41.1 Å². The predicted molar refractivity (Wildman–Crippen MR) is 70.9 cm³/mol. The van der Waals surface area contributed by atoms with Gasteiger partial charge in [0.05, 0.1) is 0 Å².